The highest BCUT2D eigenvalue weighted by atomic mass is 32.2. The van der Waals surface area contributed by atoms with E-state index in [1.54, 1.807) is 31.2 Å². The van der Waals surface area contributed by atoms with Gasteiger partial charge in [-0.3, -0.25) is 14.9 Å². The van der Waals surface area contributed by atoms with E-state index in [1.165, 1.54) is 36.0 Å². The van der Waals surface area contributed by atoms with Gasteiger partial charge in [-0.25, -0.2) is 0 Å². The molecule has 0 unspecified atom stereocenters. The molecule has 0 aromatic heterocycles. The summed E-state index contributed by atoms with van der Waals surface area (Å²) in [5, 5.41) is 12.9. The number of nitro benzene ring substituents is 1. The Balaban J connectivity index is 1.92. The van der Waals surface area contributed by atoms with E-state index in [1.807, 2.05) is 0 Å². The molecule has 2 rings (SSSR count). The van der Waals surface area contributed by atoms with Gasteiger partial charge in [-0.15, -0.1) is 11.8 Å². The van der Waals surface area contributed by atoms with Gasteiger partial charge in [0.2, 0.25) is 5.91 Å². The summed E-state index contributed by atoms with van der Waals surface area (Å²) in [5.74, 6) is -2.74. The molecule has 2 aromatic rings. The number of halogens is 2. The number of anilines is 1. The van der Waals surface area contributed by atoms with Gasteiger partial charge < -0.3 is 5.32 Å². The lowest BCUT2D eigenvalue weighted by Gasteiger charge is -2.12. The Morgan fingerprint density at radius 3 is 2.08 bits per heavy atom. The zero-order valence-electron chi connectivity index (χ0n) is 13.0. The summed E-state index contributed by atoms with van der Waals surface area (Å²) in [6, 6.07) is 12.1. The SMILES string of the molecule is C[C@@H](Sc1ccc([N+](=O)[O-])cc1)C(=O)Nc1ccc(SC(F)F)cc1. The molecule has 132 valence electrons. The summed E-state index contributed by atoms with van der Waals surface area (Å²) in [4.78, 5) is 23.5. The van der Waals surface area contributed by atoms with Crippen LogP contribution in [0.15, 0.2) is 58.3 Å². The van der Waals surface area contributed by atoms with Crippen molar-refractivity contribution in [3.63, 3.8) is 0 Å². The van der Waals surface area contributed by atoms with Gasteiger partial charge in [0.1, 0.15) is 0 Å². The molecule has 0 saturated heterocycles. The molecule has 0 radical (unpaired) electrons. The Hall–Kier alpha value is -2.13. The number of nitrogens with one attached hydrogen (secondary N) is 1. The maximum Gasteiger partial charge on any atom is 0.288 e. The van der Waals surface area contributed by atoms with Gasteiger partial charge in [0.15, 0.2) is 0 Å². The smallest absolute Gasteiger partial charge is 0.288 e. The highest BCUT2D eigenvalue weighted by Crippen LogP contribution is 2.28. The van der Waals surface area contributed by atoms with E-state index >= 15 is 0 Å². The molecule has 0 aliphatic carbocycles. The van der Waals surface area contributed by atoms with Crippen LogP contribution < -0.4 is 5.32 Å². The van der Waals surface area contributed by atoms with Crippen LogP contribution in [0, 0.1) is 10.1 Å². The van der Waals surface area contributed by atoms with Gasteiger partial charge in [-0.2, -0.15) is 8.78 Å². The zero-order valence-corrected chi connectivity index (χ0v) is 14.7. The maximum absolute atomic E-state index is 12.3. The quantitative estimate of drug-likeness (QED) is 0.412. The average Bonchev–Trinajstić information content (AvgIpc) is 2.56. The predicted octanol–water partition coefficient (Wildman–Crippen LogP) is 5.03. The van der Waals surface area contributed by atoms with Gasteiger partial charge >= 0.3 is 0 Å². The molecular formula is C16H14F2N2O3S2. The normalized spacial score (nSPS) is 12.0. The third-order valence-electron chi connectivity index (χ3n) is 3.08. The van der Waals surface area contributed by atoms with Crippen molar-refractivity contribution in [2.24, 2.45) is 0 Å². The van der Waals surface area contributed by atoms with E-state index in [0.29, 0.717) is 22.3 Å². The Morgan fingerprint density at radius 1 is 1.04 bits per heavy atom. The van der Waals surface area contributed by atoms with Crippen molar-refractivity contribution < 1.29 is 18.5 Å². The predicted molar refractivity (Wildman–Crippen MR) is 95.3 cm³/mol. The van der Waals surface area contributed by atoms with Crippen LogP contribution in [-0.4, -0.2) is 21.8 Å². The van der Waals surface area contributed by atoms with Crippen LogP contribution in [0.4, 0.5) is 20.2 Å². The van der Waals surface area contributed by atoms with Gasteiger partial charge in [-0.05, 0) is 43.3 Å². The molecule has 25 heavy (non-hydrogen) atoms. The number of benzene rings is 2. The molecule has 0 aliphatic rings. The summed E-state index contributed by atoms with van der Waals surface area (Å²) in [6.07, 6.45) is 0. The lowest BCUT2D eigenvalue weighted by Crippen LogP contribution is -2.22. The van der Waals surface area contributed by atoms with Crippen molar-refractivity contribution in [3.05, 3.63) is 58.6 Å². The summed E-state index contributed by atoms with van der Waals surface area (Å²) in [7, 11) is 0. The first kappa shape index (κ1) is 19.2. The van der Waals surface area contributed by atoms with Crippen LogP contribution >= 0.6 is 23.5 Å². The standard InChI is InChI=1S/C16H14F2N2O3S2/c1-10(24-13-8-4-12(5-9-13)20(22)23)15(21)19-11-2-6-14(7-3-11)25-16(17)18/h2-10,16H,1H3,(H,19,21)/t10-/m1/s1. The van der Waals surface area contributed by atoms with E-state index in [9.17, 15) is 23.7 Å². The Morgan fingerprint density at radius 2 is 1.56 bits per heavy atom. The van der Waals surface area contributed by atoms with E-state index in [0.717, 1.165) is 4.90 Å². The van der Waals surface area contributed by atoms with Crippen molar-refractivity contribution in [1.82, 2.24) is 0 Å². The van der Waals surface area contributed by atoms with Gasteiger partial charge in [-0.1, -0.05) is 11.8 Å². The number of nitrogens with zero attached hydrogens (tertiary/aromatic N) is 1. The third-order valence-corrected chi connectivity index (χ3v) is 4.91. The fourth-order valence-corrected chi connectivity index (χ4v) is 3.23. The fourth-order valence-electron chi connectivity index (χ4n) is 1.87. The number of amides is 1. The first-order valence-electron chi connectivity index (χ1n) is 7.12. The Labute approximate surface area is 151 Å². The van der Waals surface area contributed by atoms with E-state index < -0.39 is 15.9 Å². The van der Waals surface area contributed by atoms with Crippen LogP contribution in [0.2, 0.25) is 0 Å². The lowest BCUT2D eigenvalue weighted by molar-refractivity contribution is -0.384. The Kier molecular flexibility index (Phi) is 6.77. The summed E-state index contributed by atoms with van der Waals surface area (Å²) >= 11 is 1.70. The molecule has 1 amide bonds. The van der Waals surface area contributed by atoms with Crippen molar-refractivity contribution in [2.45, 2.75) is 27.7 Å². The number of nitro groups is 1. The molecular weight excluding hydrogens is 370 g/mol. The maximum atomic E-state index is 12.3. The molecule has 2 aromatic carbocycles. The molecule has 1 atom stereocenters. The van der Waals surface area contributed by atoms with E-state index in [2.05, 4.69) is 5.32 Å². The molecule has 0 saturated carbocycles. The zero-order chi connectivity index (χ0) is 18.4. The first-order chi connectivity index (χ1) is 11.8. The number of alkyl halides is 2. The highest BCUT2D eigenvalue weighted by molar-refractivity contribution is 8.00. The fraction of sp³-hybridized carbons (Fsp3) is 0.188. The minimum absolute atomic E-state index is 0.0109. The molecule has 9 heteroatoms. The minimum atomic E-state index is -2.49. The number of non-ortho nitro benzene ring substituents is 1. The van der Waals surface area contributed by atoms with Crippen LogP contribution in [0.3, 0.4) is 0 Å². The largest absolute Gasteiger partial charge is 0.325 e. The molecule has 1 N–H and O–H groups in total. The van der Waals surface area contributed by atoms with Crippen LogP contribution in [0.1, 0.15) is 6.92 Å². The number of rotatable bonds is 7. The van der Waals surface area contributed by atoms with Gasteiger partial charge in [0.25, 0.3) is 11.4 Å². The second kappa shape index (κ2) is 8.82. The monoisotopic (exact) mass is 384 g/mol. The number of thioether (sulfide) groups is 2. The molecule has 0 spiro atoms. The van der Waals surface area contributed by atoms with Gasteiger partial charge in [0.05, 0.1) is 10.2 Å². The van der Waals surface area contributed by atoms with Gasteiger partial charge in [0, 0.05) is 27.6 Å². The summed E-state index contributed by atoms with van der Waals surface area (Å²) < 4.78 is 24.5. The number of hydrogen-bond donors (Lipinski definition) is 1. The van der Waals surface area contributed by atoms with Crippen LogP contribution in [-0.2, 0) is 4.79 Å². The summed E-state index contributed by atoms with van der Waals surface area (Å²) in [5.41, 5.74) is 0.503. The molecule has 0 aliphatic heterocycles. The lowest BCUT2D eigenvalue weighted by atomic mass is 10.3. The van der Waals surface area contributed by atoms with E-state index in [4.69, 9.17) is 0 Å². The molecule has 5 nitrogen and oxygen atoms in total. The van der Waals surface area contributed by atoms with Crippen LogP contribution in [0.5, 0.6) is 0 Å². The van der Waals surface area contributed by atoms with Crippen molar-refractivity contribution in [3.8, 4) is 0 Å². The first-order valence-corrected chi connectivity index (χ1v) is 8.88. The average molecular weight is 384 g/mol. The second-order valence-electron chi connectivity index (χ2n) is 4.90. The Bertz CT molecular complexity index is 740. The van der Waals surface area contributed by atoms with Crippen LogP contribution in [0.25, 0.3) is 0 Å². The topological polar surface area (TPSA) is 72.2 Å². The number of carbonyl (C=O) groups excluding carboxylic acids is 1. The van der Waals surface area contributed by atoms with Crippen molar-refractivity contribution in [1.29, 1.82) is 0 Å². The molecule has 0 heterocycles. The third kappa shape index (κ3) is 6.02. The minimum Gasteiger partial charge on any atom is -0.325 e. The molecule has 0 bridgehead atoms. The van der Waals surface area contributed by atoms with E-state index in [-0.39, 0.29) is 11.6 Å². The van der Waals surface area contributed by atoms with Crippen molar-refractivity contribution >= 4 is 40.8 Å². The summed E-state index contributed by atoms with van der Waals surface area (Å²) in [6.45, 7) is 1.71. The molecule has 0 fully saturated rings. The van der Waals surface area contributed by atoms with Crippen molar-refractivity contribution in [2.75, 3.05) is 5.32 Å². The second-order valence-corrected chi connectivity index (χ2v) is 7.38. The number of hydrogen-bond acceptors (Lipinski definition) is 5. The number of carbonyl (C=O) groups is 1. The highest BCUT2D eigenvalue weighted by Gasteiger charge is 2.15.